The van der Waals surface area contributed by atoms with Gasteiger partial charge in [-0.25, -0.2) is 0 Å². The van der Waals surface area contributed by atoms with Crippen LogP contribution in [-0.4, -0.2) is 31.6 Å². The van der Waals surface area contributed by atoms with Crippen molar-refractivity contribution >= 4 is 31.9 Å². The Bertz CT molecular complexity index is 331. The molecule has 1 N–H and O–H groups in total. The molecule has 0 spiro atoms. The van der Waals surface area contributed by atoms with E-state index >= 15 is 0 Å². The van der Waals surface area contributed by atoms with E-state index in [9.17, 15) is 0 Å². The molecule has 1 atom stereocenters. The smallest absolute Gasteiger partial charge is 0.183 e. The lowest BCUT2D eigenvalue weighted by atomic mass is 10.0. The van der Waals surface area contributed by atoms with E-state index in [-0.39, 0.29) is 0 Å². The molecule has 17 heavy (non-hydrogen) atoms. The van der Waals surface area contributed by atoms with E-state index in [0.717, 1.165) is 28.0 Å². The molecule has 0 amide bonds. The second kappa shape index (κ2) is 6.92. The summed E-state index contributed by atoms with van der Waals surface area (Å²) in [5, 5.41) is 3.53. The minimum atomic E-state index is 0.465. The van der Waals surface area contributed by atoms with Crippen LogP contribution in [0.25, 0.3) is 0 Å². The standard InChI is InChI=1S/C12H20Br2N2O/c1-8(2)11(7-16(3)4)15-6-9-5-10(13)12(14)17-9/h5,8,11,15H,6-7H2,1-4H3. The normalized spacial score (nSPS) is 13.6. The largest absolute Gasteiger partial charge is 0.452 e. The van der Waals surface area contributed by atoms with E-state index in [1.807, 2.05) is 6.07 Å². The lowest BCUT2D eigenvalue weighted by molar-refractivity contribution is 0.281. The first-order valence-corrected chi connectivity index (χ1v) is 7.30. The number of furan rings is 1. The Morgan fingerprint density at radius 2 is 2.00 bits per heavy atom. The molecule has 1 aromatic rings. The second-order valence-corrected chi connectivity index (χ2v) is 6.40. The Morgan fingerprint density at radius 3 is 2.41 bits per heavy atom. The molecule has 0 aliphatic rings. The Morgan fingerprint density at radius 1 is 1.35 bits per heavy atom. The maximum absolute atomic E-state index is 5.54. The van der Waals surface area contributed by atoms with Crippen molar-refractivity contribution < 1.29 is 4.42 Å². The van der Waals surface area contributed by atoms with Crippen molar-refractivity contribution in [3.8, 4) is 0 Å². The number of halogens is 2. The number of rotatable bonds is 6. The average Bonchev–Trinajstić information content (AvgIpc) is 2.52. The van der Waals surface area contributed by atoms with Crippen LogP contribution in [0.4, 0.5) is 0 Å². The molecule has 0 aliphatic heterocycles. The van der Waals surface area contributed by atoms with E-state index in [0.29, 0.717) is 12.0 Å². The summed E-state index contributed by atoms with van der Waals surface area (Å²) in [6.07, 6.45) is 0. The first-order valence-electron chi connectivity index (χ1n) is 5.72. The fraction of sp³-hybridized carbons (Fsp3) is 0.667. The highest BCUT2D eigenvalue weighted by atomic mass is 79.9. The third kappa shape index (κ3) is 5.12. The number of nitrogens with one attached hydrogen (secondary N) is 1. The minimum Gasteiger partial charge on any atom is -0.452 e. The van der Waals surface area contributed by atoms with Gasteiger partial charge in [0.2, 0.25) is 0 Å². The maximum atomic E-state index is 5.54. The summed E-state index contributed by atoms with van der Waals surface area (Å²) < 4.78 is 7.26. The zero-order chi connectivity index (χ0) is 13.0. The molecule has 0 radical (unpaired) electrons. The summed E-state index contributed by atoms with van der Waals surface area (Å²) in [7, 11) is 4.19. The lowest BCUT2D eigenvalue weighted by Gasteiger charge is -2.25. The molecule has 0 aliphatic carbocycles. The highest BCUT2D eigenvalue weighted by molar-refractivity contribution is 9.13. The molecule has 0 saturated heterocycles. The Hall–Kier alpha value is 0.160. The van der Waals surface area contributed by atoms with Crippen LogP contribution in [0.15, 0.2) is 19.6 Å². The topological polar surface area (TPSA) is 28.4 Å². The van der Waals surface area contributed by atoms with E-state index in [1.165, 1.54) is 0 Å². The average molecular weight is 368 g/mol. The maximum Gasteiger partial charge on any atom is 0.183 e. The van der Waals surface area contributed by atoms with Gasteiger partial charge < -0.3 is 14.6 Å². The van der Waals surface area contributed by atoms with Crippen LogP contribution in [-0.2, 0) is 6.54 Å². The zero-order valence-electron chi connectivity index (χ0n) is 10.8. The lowest BCUT2D eigenvalue weighted by Crippen LogP contribution is -2.41. The van der Waals surface area contributed by atoms with Crippen molar-refractivity contribution in [2.45, 2.75) is 26.4 Å². The summed E-state index contributed by atoms with van der Waals surface area (Å²) in [5.74, 6) is 1.53. The summed E-state index contributed by atoms with van der Waals surface area (Å²) in [6, 6.07) is 2.46. The molecule has 0 fully saturated rings. The molecule has 1 rings (SSSR count). The summed E-state index contributed by atoms with van der Waals surface area (Å²) >= 11 is 6.76. The van der Waals surface area contributed by atoms with Crippen molar-refractivity contribution in [3.05, 3.63) is 21.0 Å². The van der Waals surface area contributed by atoms with Crippen LogP contribution < -0.4 is 5.32 Å². The van der Waals surface area contributed by atoms with Crippen LogP contribution in [0.3, 0.4) is 0 Å². The highest BCUT2D eigenvalue weighted by Gasteiger charge is 2.15. The number of likely N-dealkylation sites (N-methyl/N-ethyl adjacent to an activating group) is 1. The van der Waals surface area contributed by atoms with E-state index in [2.05, 4.69) is 70.0 Å². The van der Waals surface area contributed by atoms with Crippen molar-refractivity contribution in [1.29, 1.82) is 0 Å². The van der Waals surface area contributed by atoms with Gasteiger partial charge in [0.25, 0.3) is 0 Å². The quantitative estimate of drug-likeness (QED) is 0.834. The van der Waals surface area contributed by atoms with Crippen LogP contribution in [0.1, 0.15) is 19.6 Å². The van der Waals surface area contributed by atoms with Gasteiger partial charge in [-0.1, -0.05) is 13.8 Å². The van der Waals surface area contributed by atoms with Crippen molar-refractivity contribution in [1.82, 2.24) is 10.2 Å². The van der Waals surface area contributed by atoms with Crippen LogP contribution in [0, 0.1) is 5.92 Å². The molecule has 98 valence electrons. The first kappa shape index (κ1) is 15.2. The third-order valence-electron chi connectivity index (χ3n) is 2.60. The van der Waals surface area contributed by atoms with E-state index < -0.39 is 0 Å². The van der Waals surface area contributed by atoms with Crippen LogP contribution >= 0.6 is 31.9 Å². The monoisotopic (exact) mass is 366 g/mol. The summed E-state index contributed by atoms with van der Waals surface area (Å²) in [4.78, 5) is 2.20. The van der Waals surface area contributed by atoms with Gasteiger partial charge >= 0.3 is 0 Å². The molecule has 0 saturated carbocycles. The van der Waals surface area contributed by atoms with Gasteiger partial charge in [-0.15, -0.1) is 0 Å². The van der Waals surface area contributed by atoms with Gasteiger partial charge in [-0.05, 0) is 57.9 Å². The fourth-order valence-electron chi connectivity index (χ4n) is 1.61. The molecule has 1 aromatic heterocycles. The molecule has 0 aromatic carbocycles. The molecule has 5 heteroatoms. The Kier molecular flexibility index (Phi) is 6.20. The number of hydrogen-bond acceptors (Lipinski definition) is 3. The summed E-state index contributed by atoms with van der Waals surface area (Å²) in [6.45, 7) is 6.24. The van der Waals surface area contributed by atoms with Gasteiger partial charge in [-0.2, -0.15) is 0 Å². The third-order valence-corrected chi connectivity index (χ3v) is 4.31. The van der Waals surface area contributed by atoms with Gasteiger partial charge in [0.1, 0.15) is 5.76 Å². The van der Waals surface area contributed by atoms with E-state index in [4.69, 9.17) is 4.42 Å². The molecular formula is C12H20Br2N2O. The van der Waals surface area contributed by atoms with Crippen molar-refractivity contribution in [2.75, 3.05) is 20.6 Å². The van der Waals surface area contributed by atoms with Crippen molar-refractivity contribution in [2.24, 2.45) is 5.92 Å². The predicted octanol–water partition coefficient (Wildman–Crippen LogP) is 3.48. The molecular weight excluding hydrogens is 348 g/mol. The van der Waals surface area contributed by atoms with Gasteiger partial charge in [0.15, 0.2) is 4.67 Å². The van der Waals surface area contributed by atoms with Gasteiger partial charge in [0, 0.05) is 12.6 Å². The van der Waals surface area contributed by atoms with Gasteiger partial charge in [-0.3, -0.25) is 0 Å². The summed E-state index contributed by atoms with van der Waals surface area (Å²) in [5.41, 5.74) is 0. The first-order chi connectivity index (χ1) is 7.90. The van der Waals surface area contributed by atoms with Gasteiger partial charge in [0.05, 0.1) is 11.0 Å². The SMILES string of the molecule is CC(C)C(CN(C)C)NCc1cc(Br)c(Br)o1. The minimum absolute atomic E-state index is 0.465. The number of nitrogens with zero attached hydrogens (tertiary/aromatic N) is 1. The van der Waals surface area contributed by atoms with Crippen molar-refractivity contribution in [3.63, 3.8) is 0 Å². The molecule has 0 bridgehead atoms. The predicted molar refractivity (Wildman–Crippen MR) is 78.1 cm³/mol. The highest BCUT2D eigenvalue weighted by Crippen LogP contribution is 2.26. The second-order valence-electron chi connectivity index (χ2n) is 4.83. The van der Waals surface area contributed by atoms with Crippen LogP contribution in [0.5, 0.6) is 0 Å². The number of hydrogen-bond donors (Lipinski definition) is 1. The molecule has 1 unspecified atom stereocenters. The Labute approximate surface area is 120 Å². The Balaban J connectivity index is 2.51. The van der Waals surface area contributed by atoms with E-state index in [1.54, 1.807) is 0 Å². The zero-order valence-corrected chi connectivity index (χ0v) is 13.9. The fourth-order valence-corrected chi connectivity index (χ4v) is 2.27. The molecule has 1 heterocycles. The van der Waals surface area contributed by atoms with Crippen LogP contribution in [0.2, 0.25) is 0 Å². The molecule has 3 nitrogen and oxygen atoms in total.